The van der Waals surface area contributed by atoms with Crippen molar-refractivity contribution < 1.29 is 0 Å². The van der Waals surface area contributed by atoms with Gasteiger partial charge in [0.25, 0.3) is 0 Å². The number of unbranched alkanes of at least 4 members (excludes halogenated alkanes) is 1. The number of nitrogens with one attached hydrogen (secondary N) is 1. The van der Waals surface area contributed by atoms with Crippen molar-refractivity contribution in [1.82, 2.24) is 9.97 Å². The summed E-state index contributed by atoms with van der Waals surface area (Å²) in [7, 11) is 0. The molecule has 0 saturated heterocycles. The molecular formula is C19H36N2. The summed E-state index contributed by atoms with van der Waals surface area (Å²) in [5, 5.41) is 0. The molecule has 2 heteroatoms. The Morgan fingerprint density at radius 1 is 1.05 bits per heavy atom. The summed E-state index contributed by atoms with van der Waals surface area (Å²) in [6.07, 6.45) is 5.99. The van der Waals surface area contributed by atoms with E-state index >= 15 is 0 Å². The van der Waals surface area contributed by atoms with Crippen LogP contribution in [0.25, 0.3) is 0 Å². The van der Waals surface area contributed by atoms with E-state index in [2.05, 4.69) is 60.4 Å². The SMILES string of the molecule is CCCCC(C)(C)c1nc(C(C)CC)[nH]c1C(C)(C)CC. The first-order valence-electron chi connectivity index (χ1n) is 8.80. The van der Waals surface area contributed by atoms with Crippen molar-refractivity contribution in [2.45, 2.75) is 104 Å². The number of aromatic nitrogens is 2. The van der Waals surface area contributed by atoms with E-state index in [1.165, 1.54) is 36.5 Å². The summed E-state index contributed by atoms with van der Waals surface area (Å²) in [4.78, 5) is 8.76. The topological polar surface area (TPSA) is 28.7 Å². The molecule has 2 nitrogen and oxygen atoms in total. The van der Waals surface area contributed by atoms with Crippen LogP contribution in [0.4, 0.5) is 0 Å². The Kier molecular flexibility index (Phi) is 6.07. The van der Waals surface area contributed by atoms with Gasteiger partial charge in [-0.1, -0.05) is 68.2 Å². The lowest BCUT2D eigenvalue weighted by molar-refractivity contribution is 0.418. The third kappa shape index (κ3) is 4.11. The highest BCUT2D eigenvalue weighted by molar-refractivity contribution is 5.30. The van der Waals surface area contributed by atoms with Crippen molar-refractivity contribution in [2.24, 2.45) is 0 Å². The van der Waals surface area contributed by atoms with E-state index in [4.69, 9.17) is 4.98 Å². The van der Waals surface area contributed by atoms with Gasteiger partial charge in [-0.25, -0.2) is 4.98 Å². The van der Waals surface area contributed by atoms with E-state index in [1.54, 1.807) is 0 Å². The van der Waals surface area contributed by atoms with Crippen LogP contribution in [-0.4, -0.2) is 9.97 Å². The number of nitrogens with zero attached hydrogens (tertiary/aromatic N) is 1. The quantitative estimate of drug-likeness (QED) is 0.618. The molecule has 0 fully saturated rings. The lowest BCUT2D eigenvalue weighted by atomic mass is 9.76. The fourth-order valence-electron chi connectivity index (χ4n) is 2.71. The van der Waals surface area contributed by atoms with Crippen LogP contribution >= 0.6 is 0 Å². The lowest BCUT2D eigenvalue weighted by Crippen LogP contribution is -2.26. The van der Waals surface area contributed by atoms with Gasteiger partial charge in [0, 0.05) is 22.4 Å². The maximum Gasteiger partial charge on any atom is 0.109 e. The van der Waals surface area contributed by atoms with Crippen molar-refractivity contribution >= 4 is 0 Å². The van der Waals surface area contributed by atoms with E-state index in [1.807, 2.05) is 0 Å². The molecule has 0 aliphatic heterocycles. The number of H-pyrrole nitrogens is 1. The lowest BCUT2D eigenvalue weighted by Gasteiger charge is -2.29. The molecule has 1 unspecified atom stereocenters. The van der Waals surface area contributed by atoms with Crippen molar-refractivity contribution in [3.63, 3.8) is 0 Å². The maximum atomic E-state index is 5.06. The molecule has 1 aromatic rings. The minimum atomic E-state index is 0.153. The first kappa shape index (κ1) is 18.3. The van der Waals surface area contributed by atoms with E-state index < -0.39 is 0 Å². The molecule has 0 radical (unpaired) electrons. The number of rotatable bonds is 8. The van der Waals surface area contributed by atoms with Crippen LogP contribution in [-0.2, 0) is 10.8 Å². The van der Waals surface area contributed by atoms with Crippen LogP contribution in [0, 0.1) is 0 Å². The molecular weight excluding hydrogens is 256 g/mol. The van der Waals surface area contributed by atoms with Crippen LogP contribution in [0.5, 0.6) is 0 Å². The van der Waals surface area contributed by atoms with Crippen LogP contribution in [0.15, 0.2) is 0 Å². The van der Waals surface area contributed by atoms with E-state index in [0.29, 0.717) is 5.92 Å². The Morgan fingerprint density at radius 2 is 1.67 bits per heavy atom. The fourth-order valence-corrected chi connectivity index (χ4v) is 2.71. The predicted octanol–water partition coefficient (Wildman–Crippen LogP) is 6.08. The molecule has 0 aromatic carbocycles. The maximum absolute atomic E-state index is 5.06. The van der Waals surface area contributed by atoms with Crippen LogP contribution < -0.4 is 0 Å². The van der Waals surface area contributed by atoms with Crippen LogP contribution in [0.3, 0.4) is 0 Å². The third-order valence-corrected chi connectivity index (χ3v) is 5.16. The molecule has 122 valence electrons. The van der Waals surface area contributed by atoms with Crippen molar-refractivity contribution in [3.8, 4) is 0 Å². The first-order chi connectivity index (χ1) is 9.69. The molecule has 21 heavy (non-hydrogen) atoms. The molecule has 0 spiro atoms. The average Bonchev–Trinajstić information content (AvgIpc) is 2.91. The smallest absolute Gasteiger partial charge is 0.109 e. The van der Waals surface area contributed by atoms with Gasteiger partial charge in [0.05, 0.1) is 5.69 Å². The predicted molar refractivity (Wildman–Crippen MR) is 93.2 cm³/mol. The Morgan fingerprint density at radius 3 is 2.14 bits per heavy atom. The molecule has 1 aromatic heterocycles. The molecule has 0 saturated carbocycles. The summed E-state index contributed by atoms with van der Waals surface area (Å²) in [6, 6.07) is 0. The highest BCUT2D eigenvalue weighted by atomic mass is 15.0. The monoisotopic (exact) mass is 292 g/mol. The zero-order valence-electron chi connectivity index (χ0n) is 15.6. The Labute approximate surface area is 132 Å². The molecule has 0 bridgehead atoms. The second-order valence-corrected chi connectivity index (χ2v) is 7.88. The Hall–Kier alpha value is -0.790. The van der Waals surface area contributed by atoms with Crippen LogP contribution in [0.1, 0.15) is 111 Å². The molecule has 1 heterocycles. The van der Waals surface area contributed by atoms with Gasteiger partial charge in [0.15, 0.2) is 0 Å². The van der Waals surface area contributed by atoms with Gasteiger partial charge in [0.1, 0.15) is 5.82 Å². The highest BCUT2D eigenvalue weighted by Gasteiger charge is 2.33. The summed E-state index contributed by atoms with van der Waals surface area (Å²) in [6.45, 7) is 18.4. The second-order valence-electron chi connectivity index (χ2n) is 7.88. The molecule has 1 rings (SSSR count). The van der Waals surface area contributed by atoms with Crippen molar-refractivity contribution in [2.75, 3.05) is 0 Å². The van der Waals surface area contributed by atoms with Gasteiger partial charge in [-0.3, -0.25) is 0 Å². The second kappa shape index (κ2) is 6.98. The van der Waals surface area contributed by atoms with Gasteiger partial charge >= 0.3 is 0 Å². The zero-order valence-corrected chi connectivity index (χ0v) is 15.6. The number of hydrogen-bond donors (Lipinski definition) is 1. The summed E-state index contributed by atoms with van der Waals surface area (Å²) < 4.78 is 0. The molecule has 0 amide bonds. The minimum absolute atomic E-state index is 0.153. The minimum Gasteiger partial charge on any atom is -0.345 e. The molecule has 0 aliphatic rings. The average molecular weight is 293 g/mol. The number of aromatic amines is 1. The van der Waals surface area contributed by atoms with Gasteiger partial charge in [-0.2, -0.15) is 0 Å². The third-order valence-electron chi connectivity index (χ3n) is 5.16. The summed E-state index contributed by atoms with van der Waals surface area (Å²) in [5.74, 6) is 1.68. The largest absolute Gasteiger partial charge is 0.345 e. The molecule has 1 N–H and O–H groups in total. The van der Waals surface area contributed by atoms with Gasteiger partial charge < -0.3 is 4.98 Å². The number of imidazole rings is 1. The van der Waals surface area contributed by atoms with E-state index in [0.717, 1.165) is 12.8 Å². The van der Waals surface area contributed by atoms with E-state index in [-0.39, 0.29) is 10.8 Å². The van der Waals surface area contributed by atoms with Crippen molar-refractivity contribution in [1.29, 1.82) is 0 Å². The molecule has 0 aliphatic carbocycles. The fraction of sp³-hybridized carbons (Fsp3) is 0.842. The van der Waals surface area contributed by atoms with Crippen molar-refractivity contribution in [3.05, 3.63) is 17.2 Å². The van der Waals surface area contributed by atoms with Gasteiger partial charge in [0.2, 0.25) is 0 Å². The number of hydrogen-bond acceptors (Lipinski definition) is 1. The van der Waals surface area contributed by atoms with Crippen LogP contribution in [0.2, 0.25) is 0 Å². The normalized spacial score (nSPS) is 14.5. The summed E-state index contributed by atoms with van der Waals surface area (Å²) >= 11 is 0. The van der Waals surface area contributed by atoms with Gasteiger partial charge in [-0.05, 0) is 19.3 Å². The Bertz CT molecular complexity index is 440. The standard InChI is InChI=1S/C19H36N2/c1-9-12-13-19(7,8)16-15(18(5,6)11-3)20-17(21-16)14(4)10-2/h14H,9-13H2,1-8H3,(H,20,21). The van der Waals surface area contributed by atoms with Gasteiger partial charge in [-0.15, -0.1) is 0 Å². The molecule has 1 atom stereocenters. The summed E-state index contributed by atoms with van der Waals surface area (Å²) in [5.41, 5.74) is 2.98. The zero-order chi connectivity index (χ0) is 16.3. The van der Waals surface area contributed by atoms with E-state index in [9.17, 15) is 0 Å². The first-order valence-corrected chi connectivity index (χ1v) is 8.80. The highest BCUT2D eigenvalue weighted by Crippen LogP contribution is 2.38. The Balaban J connectivity index is 3.30.